The van der Waals surface area contributed by atoms with E-state index in [0.717, 1.165) is 12.8 Å². The van der Waals surface area contributed by atoms with E-state index in [4.69, 9.17) is 0 Å². The highest BCUT2D eigenvalue weighted by Crippen LogP contribution is 2.43. The van der Waals surface area contributed by atoms with Gasteiger partial charge in [0, 0.05) is 5.41 Å². The second kappa shape index (κ2) is 6.56. The number of fused-ring (bicyclic) bond motifs is 1. The molecule has 1 aromatic rings. The van der Waals surface area contributed by atoms with Crippen molar-refractivity contribution in [3.05, 3.63) is 66.8 Å². The maximum absolute atomic E-state index is 3.84. The minimum atomic E-state index is 0.253. The van der Waals surface area contributed by atoms with Gasteiger partial charge in [0.2, 0.25) is 0 Å². The Morgan fingerprint density at radius 3 is 2.21 bits per heavy atom. The van der Waals surface area contributed by atoms with Crippen LogP contribution in [0.25, 0.3) is 6.08 Å². The molecule has 0 atom stereocenters. The number of allylic oxidation sites excluding steroid dienone is 3. The van der Waals surface area contributed by atoms with Crippen molar-refractivity contribution >= 4 is 6.08 Å². The fourth-order valence-corrected chi connectivity index (χ4v) is 3.12. The smallest absolute Gasteiger partial charge is 0.0141 e. The van der Waals surface area contributed by atoms with E-state index in [1.54, 1.807) is 0 Å². The first-order chi connectivity index (χ1) is 9.32. The van der Waals surface area contributed by atoms with Gasteiger partial charge in [0.15, 0.2) is 0 Å². The second-order valence-electron chi connectivity index (χ2n) is 5.44. The maximum Gasteiger partial charge on any atom is 0.0141 e. The molecule has 0 saturated carbocycles. The quantitative estimate of drug-likeness (QED) is 0.413. The first kappa shape index (κ1) is 13.9. The summed E-state index contributed by atoms with van der Waals surface area (Å²) in [5, 5.41) is 0. The van der Waals surface area contributed by atoms with E-state index in [1.165, 1.54) is 36.8 Å². The summed E-state index contributed by atoms with van der Waals surface area (Å²) >= 11 is 0. The van der Waals surface area contributed by atoms with Crippen molar-refractivity contribution in [2.24, 2.45) is 0 Å². The Balaban J connectivity index is 2.18. The van der Waals surface area contributed by atoms with E-state index >= 15 is 0 Å². The van der Waals surface area contributed by atoms with Crippen LogP contribution in [0.1, 0.15) is 49.7 Å². The molecule has 0 spiro atoms. The summed E-state index contributed by atoms with van der Waals surface area (Å²) in [6.45, 7) is 7.67. The summed E-state index contributed by atoms with van der Waals surface area (Å²) in [5.74, 6) is 0. The first-order valence-corrected chi connectivity index (χ1v) is 7.33. The van der Waals surface area contributed by atoms with Gasteiger partial charge >= 0.3 is 0 Å². The lowest BCUT2D eigenvalue weighted by Crippen LogP contribution is -2.21. The molecule has 19 heavy (non-hydrogen) atoms. The third-order valence-corrected chi connectivity index (χ3v) is 4.14. The summed E-state index contributed by atoms with van der Waals surface area (Å²) < 4.78 is 0. The fourth-order valence-electron chi connectivity index (χ4n) is 3.12. The molecule has 0 bridgehead atoms. The van der Waals surface area contributed by atoms with Gasteiger partial charge in [0.25, 0.3) is 0 Å². The minimum absolute atomic E-state index is 0.253. The zero-order valence-corrected chi connectivity index (χ0v) is 11.8. The topological polar surface area (TPSA) is 0 Å². The summed E-state index contributed by atoms with van der Waals surface area (Å²) in [4.78, 5) is 0. The van der Waals surface area contributed by atoms with Crippen molar-refractivity contribution in [3.8, 4) is 0 Å². The highest BCUT2D eigenvalue weighted by atomic mass is 14.4. The van der Waals surface area contributed by atoms with Crippen molar-refractivity contribution in [2.75, 3.05) is 0 Å². The van der Waals surface area contributed by atoms with Crippen LogP contribution >= 0.6 is 0 Å². The summed E-state index contributed by atoms with van der Waals surface area (Å²) in [6.07, 6.45) is 15.9. The molecule has 2 rings (SSSR count). The van der Waals surface area contributed by atoms with Gasteiger partial charge in [-0.25, -0.2) is 0 Å². The Morgan fingerprint density at radius 2 is 1.58 bits per heavy atom. The molecule has 1 aliphatic rings. The van der Waals surface area contributed by atoms with Crippen LogP contribution in [-0.2, 0) is 5.41 Å². The molecule has 0 aromatic heterocycles. The van der Waals surface area contributed by atoms with Gasteiger partial charge in [0.05, 0.1) is 0 Å². The zero-order valence-electron chi connectivity index (χ0n) is 11.8. The monoisotopic (exact) mass is 252 g/mol. The van der Waals surface area contributed by atoms with Crippen molar-refractivity contribution in [1.29, 1.82) is 0 Å². The molecular formula is C19H24. The minimum Gasteiger partial charge on any atom is -0.103 e. The van der Waals surface area contributed by atoms with Crippen LogP contribution in [-0.4, -0.2) is 0 Å². The summed E-state index contributed by atoms with van der Waals surface area (Å²) in [6, 6.07) is 8.83. The molecule has 0 N–H and O–H groups in total. The Labute approximate surface area is 117 Å². The molecule has 0 amide bonds. The highest BCUT2D eigenvalue weighted by molar-refractivity contribution is 5.65. The van der Waals surface area contributed by atoms with Gasteiger partial charge in [0.1, 0.15) is 0 Å². The van der Waals surface area contributed by atoms with E-state index in [1.807, 2.05) is 12.2 Å². The van der Waals surface area contributed by atoms with Crippen LogP contribution in [0.3, 0.4) is 0 Å². The van der Waals surface area contributed by atoms with Gasteiger partial charge in [-0.1, -0.05) is 48.6 Å². The van der Waals surface area contributed by atoms with Crippen LogP contribution in [0.15, 0.2) is 55.7 Å². The molecule has 1 aliphatic carbocycles. The van der Waals surface area contributed by atoms with Gasteiger partial charge in [-0.3, -0.25) is 0 Å². The summed E-state index contributed by atoms with van der Waals surface area (Å²) in [7, 11) is 0. The predicted octanol–water partition coefficient (Wildman–Crippen LogP) is 5.66. The molecule has 1 aromatic carbocycles. The molecule has 0 aliphatic heterocycles. The number of unbranched alkanes of at least 4 members (excludes halogenated alkanes) is 2. The van der Waals surface area contributed by atoms with E-state index in [9.17, 15) is 0 Å². The van der Waals surface area contributed by atoms with Crippen LogP contribution in [0.4, 0.5) is 0 Å². The summed E-state index contributed by atoms with van der Waals surface area (Å²) in [5.41, 5.74) is 3.17. The van der Waals surface area contributed by atoms with Gasteiger partial charge in [-0.15, -0.1) is 13.2 Å². The Bertz CT molecular complexity index is 451. The van der Waals surface area contributed by atoms with Crippen LogP contribution in [0, 0.1) is 0 Å². The lowest BCUT2D eigenvalue weighted by Gasteiger charge is -2.29. The second-order valence-corrected chi connectivity index (χ2v) is 5.44. The normalized spacial score (nSPS) is 15.2. The molecule has 0 nitrogen and oxygen atoms in total. The molecule has 0 radical (unpaired) electrons. The molecule has 0 fully saturated rings. The third-order valence-electron chi connectivity index (χ3n) is 4.14. The van der Waals surface area contributed by atoms with Gasteiger partial charge < -0.3 is 0 Å². The lowest BCUT2D eigenvalue weighted by molar-refractivity contribution is 0.434. The number of hydrogen-bond acceptors (Lipinski definition) is 0. The van der Waals surface area contributed by atoms with Crippen molar-refractivity contribution in [3.63, 3.8) is 0 Å². The average Bonchev–Trinajstić information content (AvgIpc) is 2.80. The predicted molar refractivity (Wildman–Crippen MR) is 85.3 cm³/mol. The van der Waals surface area contributed by atoms with Crippen LogP contribution in [0.2, 0.25) is 0 Å². The SMILES string of the molecule is C=CCCCC1(CCCC=C)C=Cc2ccccc21. The third kappa shape index (κ3) is 3.07. The standard InChI is InChI=1S/C19H24/c1-3-5-9-14-19(15-10-6-4-2)16-13-17-11-7-8-12-18(17)19/h3-4,7-8,11-13,16H,1-2,5-6,9-10,14-15H2. The first-order valence-electron chi connectivity index (χ1n) is 7.33. The maximum atomic E-state index is 3.84. The molecule has 0 unspecified atom stereocenters. The fraction of sp³-hybridized carbons (Fsp3) is 0.368. The Kier molecular flexibility index (Phi) is 4.79. The Hall–Kier alpha value is -1.56. The van der Waals surface area contributed by atoms with Gasteiger partial charge in [-0.05, 0) is 49.7 Å². The molecule has 0 saturated heterocycles. The molecule has 0 heteroatoms. The highest BCUT2D eigenvalue weighted by Gasteiger charge is 2.33. The van der Waals surface area contributed by atoms with E-state index in [2.05, 4.69) is 49.6 Å². The van der Waals surface area contributed by atoms with Crippen LogP contribution < -0.4 is 0 Å². The van der Waals surface area contributed by atoms with E-state index in [-0.39, 0.29) is 5.41 Å². The zero-order chi connectivity index (χ0) is 13.6. The van der Waals surface area contributed by atoms with Crippen molar-refractivity contribution < 1.29 is 0 Å². The van der Waals surface area contributed by atoms with Crippen molar-refractivity contribution in [2.45, 2.75) is 43.9 Å². The molecule has 100 valence electrons. The number of benzene rings is 1. The van der Waals surface area contributed by atoms with E-state index in [0.29, 0.717) is 0 Å². The largest absolute Gasteiger partial charge is 0.103 e. The van der Waals surface area contributed by atoms with Crippen LogP contribution in [0.5, 0.6) is 0 Å². The van der Waals surface area contributed by atoms with Crippen molar-refractivity contribution in [1.82, 2.24) is 0 Å². The van der Waals surface area contributed by atoms with Gasteiger partial charge in [-0.2, -0.15) is 0 Å². The Morgan fingerprint density at radius 1 is 0.947 bits per heavy atom. The lowest BCUT2D eigenvalue weighted by atomic mass is 9.74. The molecule has 0 heterocycles. The average molecular weight is 252 g/mol. The number of rotatable bonds is 8. The van der Waals surface area contributed by atoms with E-state index < -0.39 is 0 Å². The molecular weight excluding hydrogens is 228 g/mol. The number of hydrogen-bond donors (Lipinski definition) is 0.